The Morgan fingerprint density at radius 1 is 0.977 bits per heavy atom. The normalized spacial score (nSPS) is 38.3. The number of nitrogens with one attached hydrogen (secondary N) is 4. The van der Waals surface area contributed by atoms with Gasteiger partial charge in [0, 0.05) is 49.7 Å². The Balaban J connectivity index is 1.18. The lowest BCUT2D eigenvalue weighted by Gasteiger charge is -2.44. The van der Waals surface area contributed by atoms with E-state index in [9.17, 15) is 19.6 Å². The Morgan fingerprint density at radius 2 is 1.65 bits per heavy atom. The average Bonchev–Trinajstić information content (AvgIpc) is 3.32. The van der Waals surface area contributed by atoms with Crippen molar-refractivity contribution in [2.75, 3.05) is 20.2 Å². The molecule has 0 radical (unpaired) electrons. The summed E-state index contributed by atoms with van der Waals surface area (Å²) in [5.74, 6) is 0.802. The minimum absolute atomic E-state index is 0.0187. The average molecular weight is 623 g/mol. The Labute approximate surface area is 261 Å². The van der Waals surface area contributed by atoms with E-state index < -0.39 is 7.12 Å². The lowest BCUT2D eigenvalue weighted by Crippen LogP contribution is -2.55. The summed E-state index contributed by atoms with van der Waals surface area (Å²) < 4.78 is 5.85. The van der Waals surface area contributed by atoms with Gasteiger partial charge in [-0.05, 0) is 69.5 Å². The van der Waals surface area contributed by atoms with E-state index in [2.05, 4.69) is 33.3 Å². The molecule has 0 aromatic carbocycles. The van der Waals surface area contributed by atoms with Crippen LogP contribution >= 0.6 is 11.6 Å². The number of hydrogen-bond donors (Lipinski definition) is 6. The van der Waals surface area contributed by atoms with Crippen molar-refractivity contribution in [2.24, 2.45) is 22.7 Å². The summed E-state index contributed by atoms with van der Waals surface area (Å²) in [6.45, 7) is 2.93. The van der Waals surface area contributed by atoms with Gasteiger partial charge in [0.1, 0.15) is 0 Å². The molecule has 0 aromatic rings. The molecule has 0 bridgehead atoms. The molecule has 11 nitrogen and oxygen atoms in total. The first-order valence-corrected chi connectivity index (χ1v) is 17.1. The first-order valence-electron chi connectivity index (χ1n) is 16.7. The fraction of sp³-hybridized carbons (Fsp3) is 0.900. The second-order valence-corrected chi connectivity index (χ2v) is 14.2. The molecule has 0 aromatic heterocycles. The number of hydrazine groups is 1. The van der Waals surface area contributed by atoms with E-state index in [4.69, 9.17) is 21.3 Å². The number of rotatable bonds is 10. The van der Waals surface area contributed by atoms with Gasteiger partial charge in [0.25, 0.3) is 0 Å². The number of hydrogen-bond acceptors (Lipinski definition) is 9. The molecule has 2 heterocycles. The number of aliphatic imine (C=N–C) groups is 1. The molecule has 2 amide bonds. The van der Waals surface area contributed by atoms with Gasteiger partial charge in [0.05, 0.1) is 30.9 Å². The monoisotopic (exact) mass is 622 g/mol. The Bertz CT molecular complexity index is 977. The Hall–Kier alpha value is -1.28. The summed E-state index contributed by atoms with van der Waals surface area (Å²) >= 11 is 6.49. The van der Waals surface area contributed by atoms with E-state index in [1.807, 2.05) is 7.11 Å². The number of nitrogens with zero attached hydrogens (tertiary/aromatic N) is 2. The van der Waals surface area contributed by atoms with Crippen molar-refractivity contribution in [2.45, 2.75) is 132 Å². The number of amides is 2. The minimum Gasteiger partial charge on any atom is -0.427 e. The van der Waals surface area contributed by atoms with Crippen LogP contribution in [0.3, 0.4) is 0 Å². The molecule has 4 fully saturated rings. The summed E-state index contributed by atoms with van der Waals surface area (Å²) in [4.78, 5) is 33.7. The highest BCUT2D eigenvalue weighted by Crippen LogP contribution is 2.42. The molecule has 2 aliphatic heterocycles. The van der Waals surface area contributed by atoms with Crippen LogP contribution in [0.25, 0.3) is 0 Å². The van der Waals surface area contributed by atoms with Gasteiger partial charge in [-0.25, -0.2) is 10.9 Å². The maximum absolute atomic E-state index is 13.2. The molecule has 242 valence electrons. The maximum atomic E-state index is 13.2. The highest BCUT2D eigenvalue weighted by Gasteiger charge is 2.50. The van der Waals surface area contributed by atoms with Crippen LogP contribution in [-0.2, 0) is 14.3 Å². The molecule has 0 spiro atoms. The number of carbonyl (C=O) groups excluding carboxylic acids is 2. The van der Waals surface area contributed by atoms with Gasteiger partial charge in [-0.3, -0.25) is 19.5 Å². The van der Waals surface area contributed by atoms with Crippen LogP contribution < -0.4 is 21.5 Å². The fourth-order valence-corrected chi connectivity index (χ4v) is 8.60. The van der Waals surface area contributed by atoms with E-state index in [-0.39, 0.29) is 59.8 Å². The largest absolute Gasteiger partial charge is 0.454 e. The summed E-state index contributed by atoms with van der Waals surface area (Å²) in [6, 6.07) is 0.114. The van der Waals surface area contributed by atoms with Crippen molar-refractivity contribution in [3.8, 4) is 0 Å². The van der Waals surface area contributed by atoms with Crippen LogP contribution in [0.1, 0.15) is 90.4 Å². The van der Waals surface area contributed by atoms with Crippen LogP contribution in [0.4, 0.5) is 0 Å². The van der Waals surface area contributed by atoms with Crippen LogP contribution in [0.15, 0.2) is 4.99 Å². The van der Waals surface area contributed by atoms with Gasteiger partial charge in [-0.15, -0.1) is 11.6 Å². The minimum atomic E-state index is -1.26. The predicted octanol–water partition coefficient (Wildman–Crippen LogP) is 1.92. The van der Waals surface area contributed by atoms with E-state index in [1.165, 1.54) is 5.71 Å². The molecule has 5 unspecified atom stereocenters. The molecule has 3 aliphatic carbocycles. The van der Waals surface area contributed by atoms with Crippen molar-refractivity contribution in [3.05, 3.63) is 0 Å². The van der Waals surface area contributed by atoms with Gasteiger partial charge < -0.3 is 25.4 Å². The van der Waals surface area contributed by atoms with Crippen LogP contribution in [0.2, 0.25) is 5.82 Å². The van der Waals surface area contributed by atoms with Gasteiger partial charge in [0.15, 0.2) is 0 Å². The highest BCUT2D eigenvalue weighted by molar-refractivity contribution is 6.43. The fourth-order valence-electron chi connectivity index (χ4n) is 8.35. The summed E-state index contributed by atoms with van der Waals surface area (Å²) in [5.41, 5.74) is 8.15. The Morgan fingerprint density at radius 3 is 2.30 bits per heavy atom. The van der Waals surface area contributed by atoms with Crippen molar-refractivity contribution in [3.63, 3.8) is 0 Å². The van der Waals surface area contributed by atoms with Gasteiger partial charge >= 0.3 is 7.12 Å². The number of fused-ring (bicyclic) bond motifs is 3. The standard InChI is InChI=1S/C30H52BClN6O5/c1-18-36-37-30-25(17-28(40)34-14-13-33-27(39)15-19-3-7-21(8-4-19)31(41)42)35-29(20-5-9-22(32)10-6-20)24-16-23(43-2)11-12-26(24)38(18)30/h18-26,30,36-37,41-42H,3-17H2,1-2H3,(H,33,39)(H,34,40)/t18?,19?,20?,21?,22?,23?,24?,25-,26?,30?/m0/s1. The van der Waals surface area contributed by atoms with E-state index in [1.54, 1.807) is 0 Å². The summed E-state index contributed by atoms with van der Waals surface area (Å²) in [5, 5.41) is 24.9. The van der Waals surface area contributed by atoms with Crippen LogP contribution in [-0.4, -0.2) is 95.7 Å². The first-order chi connectivity index (χ1) is 20.7. The second kappa shape index (κ2) is 15.3. The van der Waals surface area contributed by atoms with Gasteiger partial charge in [-0.2, -0.15) is 0 Å². The molecule has 6 atom stereocenters. The van der Waals surface area contributed by atoms with Crippen molar-refractivity contribution in [1.82, 2.24) is 26.4 Å². The lowest BCUT2D eigenvalue weighted by atomic mass is 9.63. The third-order valence-corrected chi connectivity index (χ3v) is 11.2. The predicted molar refractivity (Wildman–Crippen MR) is 167 cm³/mol. The third kappa shape index (κ3) is 8.31. The zero-order valence-corrected chi connectivity index (χ0v) is 26.6. The molecule has 43 heavy (non-hydrogen) atoms. The van der Waals surface area contributed by atoms with Crippen LogP contribution in [0, 0.1) is 17.8 Å². The van der Waals surface area contributed by atoms with Crippen molar-refractivity contribution >= 4 is 36.2 Å². The molecular formula is C30H52BClN6O5. The van der Waals surface area contributed by atoms with Gasteiger partial charge in [-0.1, -0.05) is 25.7 Å². The quantitative estimate of drug-likeness (QED) is 0.123. The van der Waals surface area contributed by atoms with E-state index in [0.717, 1.165) is 70.6 Å². The lowest BCUT2D eigenvalue weighted by molar-refractivity contribution is -0.123. The summed E-state index contributed by atoms with van der Waals surface area (Å²) in [6.07, 6.45) is 11.3. The zero-order chi connectivity index (χ0) is 30.5. The molecule has 3 saturated carbocycles. The molecule has 6 N–H and O–H groups in total. The number of carbonyl (C=O) groups is 2. The van der Waals surface area contributed by atoms with Crippen molar-refractivity contribution in [1.29, 1.82) is 0 Å². The zero-order valence-electron chi connectivity index (χ0n) is 25.8. The number of methoxy groups -OCH3 is 1. The number of alkyl halides is 1. The summed E-state index contributed by atoms with van der Waals surface area (Å²) in [7, 11) is 0.547. The highest BCUT2D eigenvalue weighted by atomic mass is 35.5. The van der Waals surface area contributed by atoms with E-state index >= 15 is 0 Å². The SMILES string of the molecule is COC1CCC2C(C1)C(C1CCC(Cl)CC1)=N[C@@H](CC(=O)NCCNC(=O)CC1CCC(B(O)O)CC1)C1NNC(C)N21. The Kier molecular flexibility index (Phi) is 11.8. The maximum Gasteiger partial charge on any atom is 0.454 e. The molecular weight excluding hydrogens is 571 g/mol. The smallest absolute Gasteiger partial charge is 0.427 e. The molecule has 5 rings (SSSR count). The van der Waals surface area contributed by atoms with Gasteiger partial charge in [0.2, 0.25) is 11.8 Å². The van der Waals surface area contributed by atoms with Crippen LogP contribution in [0.5, 0.6) is 0 Å². The molecule has 5 aliphatic rings. The van der Waals surface area contributed by atoms with Crippen molar-refractivity contribution < 1.29 is 24.4 Å². The molecule has 1 saturated heterocycles. The number of ether oxygens (including phenoxy) is 1. The van der Waals surface area contributed by atoms with E-state index in [0.29, 0.717) is 37.4 Å². The molecule has 13 heteroatoms. The number of halogens is 1. The topological polar surface area (TPSA) is 148 Å². The third-order valence-electron chi connectivity index (χ3n) is 10.8. The second-order valence-electron chi connectivity index (χ2n) is 13.6. The first kappa shape index (κ1) is 33.1.